The lowest BCUT2D eigenvalue weighted by Crippen LogP contribution is -2.23. The van der Waals surface area contributed by atoms with Crippen molar-refractivity contribution < 1.29 is 4.79 Å². The van der Waals surface area contributed by atoms with Gasteiger partial charge in [-0.3, -0.25) is 9.48 Å². The van der Waals surface area contributed by atoms with Crippen molar-refractivity contribution >= 4 is 5.91 Å². The molecule has 1 aromatic heterocycles. The molecule has 112 valence electrons. The molecule has 5 nitrogen and oxygen atoms in total. The van der Waals surface area contributed by atoms with E-state index in [-0.39, 0.29) is 5.91 Å². The summed E-state index contributed by atoms with van der Waals surface area (Å²) in [5.74, 6) is -0.0778. The predicted octanol–water partition coefficient (Wildman–Crippen LogP) is 1.41. The summed E-state index contributed by atoms with van der Waals surface area (Å²) in [6.07, 6.45) is 3.39. The molecule has 2 rings (SSSR count). The first-order valence-electron chi connectivity index (χ1n) is 7.22. The van der Waals surface area contributed by atoms with Crippen LogP contribution in [-0.4, -0.2) is 22.2 Å². The summed E-state index contributed by atoms with van der Waals surface area (Å²) in [7, 11) is 1.83. The number of nitrogens with two attached hydrogens (primary N) is 1. The number of nitrogens with one attached hydrogen (secondary N) is 1. The van der Waals surface area contributed by atoms with Gasteiger partial charge in [-0.1, -0.05) is 31.2 Å². The molecule has 1 aromatic carbocycles. The number of rotatable bonds is 6. The van der Waals surface area contributed by atoms with Gasteiger partial charge in [0.25, 0.3) is 5.91 Å². The summed E-state index contributed by atoms with van der Waals surface area (Å²) in [6, 6.07) is 8.15. The fourth-order valence-corrected chi connectivity index (χ4v) is 2.25. The molecule has 21 heavy (non-hydrogen) atoms. The molecular weight excluding hydrogens is 264 g/mol. The van der Waals surface area contributed by atoms with Gasteiger partial charge in [-0.2, -0.15) is 5.10 Å². The molecule has 0 fully saturated rings. The van der Waals surface area contributed by atoms with Crippen LogP contribution >= 0.6 is 0 Å². The van der Waals surface area contributed by atoms with E-state index in [0.29, 0.717) is 18.7 Å². The third-order valence-electron chi connectivity index (χ3n) is 3.39. The standard InChI is InChI=1S/C16H22N4O/c1-3-15-14(11-20(2)19-15)16(21)18-10-13-6-4-12(5-7-13)8-9-17/h4-7,11H,3,8-10,17H2,1-2H3,(H,18,21). The first kappa shape index (κ1) is 15.3. The highest BCUT2D eigenvalue weighted by molar-refractivity contribution is 5.95. The van der Waals surface area contributed by atoms with Crippen LogP contribution < -0.4 is 11.1 Å². The summed E-state index contributed by atoms with van der Waals surface area (Å²) < 4.78 is 1.68. The molecule has 0 atom stereocenters. The van der Waals surface area contributed by atoms with Gasteiger partial charge in [0, 0.05) is 19.8 Å². The fraction of sp³-hybridized carbons (Fsp3) is 0.375. The molecule has 5 heteroatoms. The summed E-state index contributed by atoms with van der Waals surface area (Å²) >= 11 is 0. The minimum Gasteiger partial charge on any atom is -0.348 e. The Hall–Kier alpha value is -2.14. The first-order chi connectivity index (χ1) is 10.1. The Bertz CT molecular complexity index is 601. The zero-order valence-electron chi connectivity index (χ0n) is 12.6. The number of amides is 1. The van der Waals surface area contributed by atoms with Gasteiger partial charge in [-0.15, -0.1) is 0 Å². The lowest BCUT2D eigenvalue weighted by Gasteiger charge is -2.06. The zero-order chi connectivity index (χ0) is 15.2. The van der Waals surface area contributed by atoms with Crippen LogP contribution in [0.15, 0.2) is 30.5 Å². The van der Waals surface area contributed by atoms with Crippen molar-refractivity contribution in [2.24, 2.45) is 12.8 Å². The van der Waals surface area contributed by atoms with Crippen molar-refractivity contribution in [2.45, 2.75) is 26.3 Å². The highest BCUT2D eigenvalue weighted by atomic mass is 16.1. The van der Waals surface area contributed by atoms with Crippen LogP contribution in [0.25, 0.3) is 0 Å². The second-order valence-corrected chi connectivity index (χ2v) is 5.05. The maximum absolute atomic E-state index is 12.2. The molecule has 0 saturated heterocycles. The minimum atomic E-state index is -0.0778. The summed E-state index contributed by atoms with van der Waals surface area (Å²) in [4.78, 5) is 12.2. The van der Waals surface area contributed by atoms with Crippen molar-refractivity contribution in [1.82, 2.24) is 15.1 Å². The lowest BCUT2D eigenvalue weighted by molar-refractivity contribution is 0.0950. The number of hydrogen-bond donors (Lipinski definition) is 2. The van der Waals surface area contributed by atoms with E-state index in [1.165, 1.54) is 5.56 Å². The van der Waals surface area contributed by atoms with E-state index in [1.807, 2.05) is 26.1 Å². The van der Waals surface area contributed by atoms with Gasteiger partial charge >= 0.3 is 0 Å². The van der Waals surface area contributed by atoms with Crippen molar-refractivity contribution in [3.05, 3.63) is 52.8 Å². The quantitative estimate of drug-likeness (QED) is 0.843. The summed E-state index contributed by atoms with van der Waals surface area (Å²) in [6.45, 7) is 3.16. The van der Waals surface area contributed by atoms with Gasteiger partial charge in [0.1, 0.15) is 0 Å². The molecule has 0 aliphatic rings. The Labute approximate surface area is 125 Å². The summed E-state index contributed by atoms with van der Waals surface area (Å²) in [5, 5.41) is 7.22. The average molecular weight is 286 g/mol. The van der Waals surface area contributed by atoms with Gasteiger partial charge in [-0.05, 0) is 30.5 Å². The van der Waals surface area contributed by atoms with E-state index in [9.17, 15) is 4.79 Å². The smallest absolute Gasteiger partial charge is 0.255 e. The summed E-state index contributed by atoms with van der Waals surface area (Å²) in [5.41, 5.74) is 9.30. The zero-order valence-corrected chi connectivity index (χ0v) is 12.6. The molecule has 1 heterocycles. The second kappa shape index (κ2) is 7.04. The van der Waals surface area contributed by atoms with Gasteiger partial charge in [0.15, 0.2) is 0 Å². The third kappa shape index (κ3) is 3.92. The average Bonchev–Trinajstić information content (AvgIpc) is 2.88. The molecular formula is C16H22N4O. The molecule has 3 N–H and O–H groups in total. The Morgan fingerprint density at radius 3 is 2.57 bits per heavy atom. The van der Waals surface area contributed by atoms with Crippen LogP contribution in [0, 0.1) is 0 Å². The fourth-order valence-electron chi connectivity index (χ4n) is 2.25. The van der Waals surface area contributed by atoms with Gasteiger partial charge < -0.3 is 11.1 Å². The van der Waals surface area contributed by atoms with E-state index in [4.69, 9.17) is 5.73 Å². The third-order valence-corrected chi connectivity index (χ3v) is 3.39. The predicted molar refractivity (Wildman–Crippen MR) is 83.0 cm³/mol. The molecule has 0 aliphatic carbocycles. The second-order valence-electron chi connectivity index (χ2n) is 5.05. The number of aromatic nitrogens is 2. The van der Waals surface area contributed by atoms with Crippen molar-refractivity contribution in [3.63, 3.8) is 0 Å². The van der Waals surface area contributed by atoms with Crippen LogP contribution in [0.5, 0.6) is 0 Å². The Morgan fingerprint density at radius 1 is 1.29 bits per heavy atom. The lowest BCUT2D eigenvalue weighted by atomic mass is 10.1. The number of hydrogen-bond acceptors (Lipinski definition) is 3. The monoisotopic (exact) mass is 286 g/mol. The Balaban J connectivity index is 1.97. The highest BCUT2D eigenvalue weighted by Gasteiger charge is 2.13. The van der Waals surface area contributed by atoms with Crippen LogP contribution in [0.4, 0.5) is 0 Å². The molecule has 0 unspecified atom stereocenters. The van der Waals surface area contributed by atoms with E-state index in [2.05, 4.69) is 22.5 Å². The molecule has 0 bridgehead atoms. The Morgan fingerprint density at radius 2 is 1.95 bits per heavy atom. The maximum Gasteiger partial charge on any atom is 0.255 e. The van der Waals surface area contributed by atoms with E-state index >= 15 is 0 Å². The van der Waals surface area contributed by atoms with Crippen LogP contribution in [0.1, 0.15) is 34.1 Å². The molecule has 2 aromatic rings. The number of aryl methyl sites for hydroxylation is 2. The van der Waals surface area contributed by atoms with Crippen molar-refractivity contribution in [3.8, 4) is 0 Å². The molecule has 0 aliphatic heterocycles. The first-order valence-corrected chi connectivity index (χ1v) is 7.22. The molecule has 0 saturated carbocycles. The highest BCUT2D eigenvalue weighted by Crippen LogP contribution is 2.08. The Kier molecular flexibility index (Phi) is 5.11. The van der Waals surface area contributed by atoms with Crippen LogP contribution in [0.2, 0.25) is 0 Å². The number of benzene rings is 1. The molecule has 0 radical (unpaired) electrons. The van der Waals surface area contributed by atoms with E-state index in [0.717, 1.165) is 24.1 Å². The number of nitrogens with zero attached hydrogens (tertiary/aromatic N) is 2. The van der Waals surface area contributed by atoms with Crippen LogP contribution in [0.3, 0.4) is 0 Å². The number of carbonyl (C=O) groups is 1. The number of carbonyl (C=O) groups excluding carboxylic acids is 1. The van der Waals surface area contributed by atoms with Crippen molar-refractivity contribution in [1.29, 1.82) is 0 Å². The molecule has 0 spiro atoms. The largest absolute Gasteiger partial charge is 0.348 e. The SMILES string of the molecule is CCc1nn(C)cc1C(=O)NCc1ccc(CCN)cc1. The minimum absolute atomic E-state index is 0.0778. The topological polar surface area (TPSA) is 72.9 Å². The normalized spacial score (nSPS) is 10.6. The maximum atomic E-state index is 12.2. The van der Waals surface area contributed by atoms with Gasteiger partial charge in [-0.25, -0.2) is 0 Å². The van der Waals surface area contributed by atoms with E-state index in [1.54, 1.807) is 10.9 Å². The van der Waals surface area contributed by atoms with Crippen LogP contribution in [-0.2, 0) is 26.4 Å². The van der Waals surface area contributed by atoms with E-state index < -0.39 is 0 Å². The van der Waals surface area contributed by atoms with Crippen molar-refractivity contribution in [2.75, 3.05) is 6.54 Å². The van der Waals surface area contributed by atoms with Gasteiger partial charge in [0.2, 0.25) is 0 Å². The molecule has 1 amide bonds. The van der Waals surface area contributed by atoms with Gasteiger partial charge in [0.05, 0.1) is 11.3 Å².